The van der Waals surface area contributed by atoms with E-state index in [0.29, 0.717) is 23.4 Å². The molecule has 16 heavy (non-hydrogen) atoms. The van der Waals surface area contributed by atoms with Crippen LogP contribution < -0.4 is 5.73 Å². The maximum Gasteiger partial charge on any atom is 0.260 e. The average molecular weight is 215 g/mol. The van der Waals surface area contributed by atoms with E-state index in [-0.39, 0.29) is 0 Å². The molecule has 1 aliphatic rings. The molecule has 2 unspecified atom stereocenters. The standard InChI is InChI=1S/C12H13N3O/c1-7-6-9(7)11-14-12(16-15-11)8-4-2-3-5-10(8)13/h2-5,7,9H,6,13H2,1H3. The predicted molar refractivity (Wildman–Crippen MR) is 60.7 cm³/mol. The van der Waals surface area contributed by atoms with Gasteiger partial charge in [0.1, 0.15) is 0 Å². The van der Waals surface area contributed by atoms with Gasteiger partial charge in [0.25, 0.3) is 5.89 Å². The van der Waals surface area contributed by atoms with Crippen molar-refractivity contribution in [2.75, 3.05) is 5.73 Å². The molecule has 1 saturated carbocycles. The molecule has 1 heterocycles. The van der Waals surface area contributed by atoms with Gasteiger partial charge in [0.2, 0.25) is 0 Å². The molecule has 1 fully saturated rings. The lowest BCUT2D eigenvalue weighted by atomic mass is 10.2. The molecule has 0 amide bonds. The van der Waals surface area contributed by atoms with Crippen LogP contribution in [0.3, 0.4) is 0 Å². The van der Waals surface area contributed by atoms with Crippen LogP contribution in [0.15, 0.2) is 28.8 Å². The van der Waals surface area contributed by atoms with Gasteiger partial charge in [-0.15, -0.1) is 0 Å². The Morgan fingerprint density at radius 1 is 1.38 bits per heavy atom. The van der Waals surface area contributed by atoms with Crippen LogP contribution in [-0.4, -0.2) is 10.1 Å². The highest BCUT2D eigenvalue weighted by Crippen LogP contribution is 2.45. The molecular weight excluding hydrogens is 202 g/mol. The van der Waals surface area contributed by atoms with Crippen LogP contribution in [0, 0.1) is 5.92 Å². The van der Waals surface area contributed by atoms with Crippen LogP contribution in [0.5, 0.6) is 0 Å². The number of hydrogen-bond acceptors (Lipinski definition) is 4. The van der Waals surface area contributed by atoms with E-state index in [1.807, 2.05) is 24.3 Å². The second-order valence-corrected chi connectivity index (χ2v) is 4.36. The summed E-state index contributed by atoms with van der Waals surface area (Å²) in [7, 11) is 0. The largest absolute Gasteiger partial charge is 0.398 e. The Morgan fingerprint density at radius 2 is 2.12 bits per heavy atom. The minimum absolute atomic E-state index is 0.474. The Morgan fingerprint density at radius 3 is 2.81 bits per heavy atom. The minimum atomic E-state index is 0.474. The van der Waals surface area contributed by atoms with Gasteiger partial charge in [-0.25, -0.2) is 0 Å². The number of nitrogens with zero attached hydrogens (tertiary/aromatic N) is 2. The summed E-state index contributed by atoms with van der Waals surface area (Å²) in [6.07, 6.45) is 1.16. The lowest BCUT2D eigenvalue weighted by molar-refractivity contribution is 0.422. The summed E-state index contributed by atoms with van der Waals surface area (Å²) in [5.41, 5.74) is 7.34. The highest BCUT2D eigenvalue weighted by atomic mass is 16.5. The zero-order valence-electron chi connectivity index (χ0n) is 9.05. The number of hydrogen-bond donors (Lipinski definition) is 1. The quantitative estimate of drug-likeness (QED) is 0.781. The van der Waals surface area contributed by atoms with Gasteiger partial charge >= 0.3 is 0 Å². The smallest absolute Gasteiger partial charge is 0.260 e. The molecule has 1 aromatic carbocycles. The molecule has 0 aliphatic heterocycles. The maximum absolute atomic E-state index is 5.85. The van der Waals surface area contributed by atoms with Crippen molar-refractivity contribution in [2.24, 2.45) is 5.92 Å². The van der Waals surface area contributed by atoms with Gasteiger partial charge < -0.3 is 10.3 Å². The van der Waals surface area contributed by atoms with E-state index in [2.05, 4.69) is 17.1 Å². The molecule has 82 valence electrons. The number of rotatable bonds is 2. The van der Waals surface area contributed by atoms with Crippen molar-refractivity contribution in [3.05, 3.63) is 30.1 Å². The van der Waals surface area contributed by atoms with Crippen LogP contribution in [-0.2, 0) is 0 Å². The molecule has 0 spiro atoms. The highest BCUT2D eigenvalue weighted by molar-refractivity contribution is 5.69. The summed E-state index contributed by atoms with van der Waals surface area (Å²) in [5, 5.41) is 4.00. The topological polar surface area (TPSA) is 64.9 Å². The van der Waals surface area contributed by atoms with Crippen LogP contribution in [0.4, 0.5) is 5.69 Å². The van der Waals surface area contributed by atoms with E-state index < -0.39 is 0 Å². The molecule has 0 bridgehead atoms. The van der Waals surface area contributed by atoms with Crippen molar-refractivity contribution in [3.63, 3.8) is 0 Å². The third kappa shape index (κ3) is 1.46. The SMILES string of the molecule is CC1CC1c1noc(-c2ccccc2N)n1. The second-order valence-electron chi connectivity index (χ2n) is 4.36. The monoisotopic (exact) mass is 215 g/mol. The highest BCUT2D eigenvalue weighted by Gasteiger charge is 2.38. The van der Waals surface area contributed by atoms with Crippen LogP contribution in [0.25, 0.3) is 11.5 Å². The number of aromatic nitrogens is 2. The van der Waals surface area contributed by atoms with Crippen molar-refractivity contribution in [3.8, 4) is 11.5 Å². The van der Waals surface area contributed by atoms with Crippen LogP contribution in [0.2, 0.25) is 0 Å². The Labute approximate surface area is 93.5 Å². The van der Waals surface area contributed by atoms with Gasteiger partial charge in [-0.1, -0.05) is 24.2 Å². The van der Waals surface area contributed by atoms with Gasteiger partial charge in [-0.2, -0.15) is 4.98 Å². The van der Waals surface area contributed by atoms with Crippen LogP contribution in [0.1, 0.15) is 25.1 Å². The molecule has 3 rings (SSSR count). The van der Waals surface area contributed by atoms with E-state index in [1.54, 1.807) is 0 Å². The molecular formula is C12H13N3O. The van der Waals surface area contributed by atoms with Gasteiger partial charge in [-0.05, 0) is 24.5 Å². The minimum Gasteiger partial charge on any atom is -0.398 e. The Balaban J connectivity index is 1.95. The summed E-state index contributed by atoms with van der Waals surface area (Å²) in [6.45, 7) is 2.19. The van der Waals surface area contributed by atoms with E-state index >= 15 is 0 Å². The molecule has 2 aromatic rings. The third-order valence-corrected chi connectivity index (χ3v) is 3.07. The molecule has 4 heteroatoms. The van der Waals surface area contributed by atoms with Crippen molar-refractivity contribution in [2.45, 2.75) is 19.3 Å². The van der Waals surface area contributed by atoms with E-state index in [0.717, 1.165) is 17.8 Å². The zero-order chi connectivity index (χ0) is 11.1. The number of anilines is 1. The Bertz CT molecular complexity index is 520. The molecule has 2 N–H and O–H groups in total. The number of nitrogen functional groups attached to an aromatic ring is 1. The first-order chi connectivity index (χ1) is 7.75. The van der Waals surface area contributed by atoms with Gasteiger partial charge in [-0.3, -0.25) is 0 Å². The molecule has 0 radical (unpaired) electrons. The molecule has 2 atom stereocenters. The summed E-state index contributed by atoms with van der Waals surface area (Å²) in [5.74, 6) is 2.49. The Hall–Kier alpha value is -1.84. The van der Waals surface area contributed by atoms with Gasteiger partial charge in [0.05, 0.1) is 5.56 Å². The lowest BCUT2D eigenvalue weighted by Gasteiger charge is -1.97. The van der Waals surface area contributed by atoms with Gasteiger partial charge in [0, 0.05) is 11.6 Å². The van der Waals surface area contributed by atoms with E-state index in [9.17, 15) is 0 Å². The number of nitrogens with two attached hydrogens (primary N) is 1. The molecule has 1 aromatic heterocycles. The first-order valence-corrected chi connectivity index (χ1v) is 5.44. The van der Waals surface area contributed by atoms with E-state index in [1.165, 1.54) is 0 Å². The average Bonchev–Trinajstić information content (AvgIpc) is 2.82. The van der Waals surface area contributed by atoms with Crippen LogP contribution >= 0.6 is 0 Å². The summed E-state index contributed by atoms with van der Waals surface area (Å²) in [6, 6.07) is 7.52. The lowest BCUT2D eigenvalue weighted by Crippen LogP contribution is -1.89. The third-order valence-electron chi connectivity index (χ3n) is 3.07. The van der Waals surface area contributed by atoms with Crippen molar-refractivity contribution in [1.29, 1.82) is 0 Å². The fraction of sp³-hybridized carbons (Fsp3) is 0.333. The fourth-order valence-corrected chi connectivity index (χ4v) is 1.87. The second kappa shape index (κ2) is 3.33. The Kier molecular flexibility index (Phi) is 1.96. The zero-order valence-corrected chi connectivity index (χ0v) is 9.05. The van der Waals surface area contributed by atoms with Gasteiger partial charge in [0.15, 0.2) is 5.82 Å². The van der Waals surface area contributed by atoms with E-state index in [4.69, 9.17) is 10.3 Å². The number of para-hydroxylation sites is 1. The first kappa shape index (κ1) is 9.39. The molecule has 4 nitrogen and oxygen atoms in total. The van der Waals surface area contributed by atoms with Crippen molar-refractivity contribution >= 4 is 5.69 Å². The molecule has 0 saturated heterocycles. The predicted octanol–water partition coefficient (Wildman–Crippen LogP) is 2.44. The number of benzene rings is 1. The maximum atomic E-state index is 5.85. The van der Waals surface area contributed by atoms with Crippen molar-refractivity contribution in [1.82, 2.24) is 10.1 Å². The summed E-state index contributed by atoms with van der Waals surface area (Å²) >= 11 is 0. The molecule has 1 aliphatic carbocycles. The van der Waals surface area contributed by atoms with Crippen molar-refractivity contribution < 1.29 is 4.52 Å². The summed E-state index contributed by atoms with van der Waals surface area (Å²) in [4.78, 5) is 4.40. The first-order valence-electron chi connectivity index (χ1n) is 5.44. The fourth-order valence-electron chi connectivity index (χ4n) is 1.87. The summed E-state index contributed by atoms with van der Waals surface area (Å²) < 4.78 is 5.24. The normalized spacial score (nSPS) is 23.3.